The molecule has 0 unspecified atom stereocenters. The van der Waals surface area contributed by atoms with Crippen LogP contribution >= 0.6 is 0 Å². The normalized spacial score (nSPS) is 37.3. The second-order valence-corrected chi connectivity index (χ2v) is 8.74. The third-order valence-electron chi connectivity index (χ3n) is 5.47. The number of esters is 1. The molecule has 126 valence electrons. The molecule has 0 amide bonds. The molecule has 4 aliphatic carbocycles. The minimum Gasteiger partial charge on any atom is -0.465 e. The largest absolute Gasteiger partial charge is 0.465 e. The van der Waals surface area contributed by atoms with Gasteiger partial charge in [-0.15, -0.1) is 0 Å². The molecule has 22 heavy (non-hydrogen) atoms. The second-order valence-electron chi connectivity index (χ2n) is 7.20. The van der Waals surface area contributed by atoms with E-state index >= 15 is 0 Å². The molecule has 0 radical (unpaired) electrons. The van der Waals surface area contributed by atoms with E-state index in [-0.39, 0.29) is 0 Å². The average molecular weight is 338 g/mol. The Hall–Kier alpha value is -0.760. The Morgan fingerprint density at radius 1 is 1.14 bits per heavy atom. The van der Waals surface area contributed by atoms with E-state index < -0.39 is 39.8 Å². The van der Waals surface area contributed by atoms with E-state index in [4.69, 9.17) is 9.29 Å². The molecular weight excluding hydrogens is 318 g/mol. The summed E-state index contributed by atoms with van der Waals surface area (Å²) in [5.41, 5.74) is -0.553. The summed E-state index contributed by atoms with van der Waals surface area (Å²) < 4.78 is 60.6. The van der Waals surface area contributed by atoms with Gasteiger partial charge < -0.3 is 4.74 Å². The molecule has 4 saturated carbocycles. The summed E-state index contributed by atoms with van der Waals surface area (Å²) in [7, 11) is -5.47. The standard InChI is InChI=1S/C14H20F2O5S/c15-14(16,22(18,19)20)1-2-21-12(17)13-6-9-3-10(7-13)5-11(4-9)8-13/h9-11H,1-8H2,(H,18,19,20). The number of rotatable bonds is 5. The number of halogens is 2. The first kappa shape index (κ1) is 16.1. The molecule has 5 nitrogen and oxygen atoms in total. The predicted octanol–water partition coefficient (Wildman–Crippen LogP) is 2.62. The Balaban J connectivity index is 1.59. The molecular formula is C14H20F2O5S. The summed E-state index contributed by atoms with van der Waals surface area (Å²) in [6.07, 6.45) is 4.49. The number of alkyl halides is 2. The van der Waals surface area contributed by atoms with Crippen molar-refractivity contribution in [1.82, 2.24) is 0 Å². The van der Waals surface area contributed by atoms with Crippen LogP contribution < -0.4 is 0 Å². The molecule has 0 atom stereocenters. The van der Waals surface area contributed by atoms with Crippen LogP contribution in [0.15, 0.2) is 0 Å². The van der Waals surface area contributed by atoms with Gasteiger partial charge in [-0.05, 0) is 56.3 Å². The highest BCUT2D eigenvalue weighted by Gasteiger charge is 2.55. The van der Waals surface area contributed by atoms with E-state index in [1.54, 1.807) is 0 Å². The Morgan fingerprint density at radius 3 is 2.00 bits per heavy atom. The van der Waals surface area contributed by atoms with Crippen LogP contribution in [0.1, 0.15) is 44.9 Å². The first-order chi connectivity index (χ1) is 10.1. The van der Waals surface area contributed by atoms with Crippen molar-refractivity contribution < 1.29 is 31.3 Å². The zero-order valence-electron chi connectivity index (χ0n) is 12.1. The summed E-state index contributed by atoms with van der Waals surface area (Å²) in [4.78, 5) is 12.4. The summed E-state index contributed by atoms with van der Waals surface area (Å²) in [5, 5.41) is -4.28. The molecule has 0 spiro atoms. The van der Waals surface area contributed by atoms with E-state index in [1.807, 2.05) is 0 Å². The first-order valence-electron chi connectivity index (χ1n) is 7.63. The van der Waals surface area contributed by atoms with Crippen molar-refractivity contribution in [3.8, 4) is 0 Å². The van der Waals surface area contributed by atoms with Crippen molar-refractivity contribution in [2.24, 2.45) is 23.2 Å². The quantitative estimate of drug-likeness (QED) is 0.616. The summed E-state index contributed by atoms with van der Waals surface area (Å²) in [5.74, 6) is 1.10. The highest BCUT2D eigenvalue weighted by atomic mass is 32.2. The molecule has 0 aromatic heterocycles. The van der Waals surface area contributed by atoms with Gasteiger partial charge in [0.05, 0.1) is 18.4 Å². The summed E-state index contributed by atoms with van der Waals surface area (Å²) in [6, 6.07) is 0. The SMILES string of the molecule is O=C(OCCC(F)(F)S(=O)(=O)O)C12CC3CC(CC(C3)C1)C2. The fourth-order valence-corrected chi connectivity index (χ4v) is 5.25. The van der Waals surface area contributed by atoms with Crippen molar-refractivity contribution in [2.45, 2.75) is 50.2 Å². The molecule has 1 N–H and O–H groups in total. The minimum atomic E-state index is -5.47. The van der Waals surface area contributed by atoms with Crippen LogP contribution in [0.5, 0.6) is 0 Å². The molecule has 4 rings (SSSR count). The molecule has 4 aliphatic rings. The van der Waals surface area contributed by atoms with Gasteiger partial charge in [0.25, 0.3) is 0 Å². The number of ether oxygens (including phenoxy) is 1. The third-order valence-corrected chi connectivity index (χ3v) is 6.43. The number of carbonyl (C=O) groups is 1. The lowest BCUT2D eigenvalue weighted by Gasteiger charge is -2.55. The molecule has 0 aromatic carbocycles. The van der Waals surface area contributed by atoms with Crippen LogP contribution in [0.4, 0.5) is 8.78 Å². The van der Waals surface area contributed by atoms with Crippen LogP contribution in [0, 0.1) is 23.2 Å². The van der Waals surface area contributed by atoms with Crippen molar-refractivity contribution in [2.75, 3.05) is 6.61 Å². The lowest BCUT2D eigenvalue weighted by Crippen LogP contribution is -2.50. The Labute approximate surface area is 128 Å². The monoisotopic (exact) mass is 338 g/mol. The van der Waals surface area contributed by atoms with Gasteiger partial charge >= 0.3 is 21.3 Å². The number of hydrogen-bond donors (Lipinski definition) is 1. The van der Waals surface area contributed by atoms with Gasteiger partial charge in [0.2, 0.25) is 0 Å². The number of hydrogen-bond acceptors (Lipinski definition) is 4. The van der Waals surface area contributed by atoms with Crippen LogP contribution in [0.3, 0.4) is 0 Å². The summed E-state index contributed by atoms with van der Waals surface area (Å²) >= 11 is 0. The zero-order valence-corrected chi connectivity index (χ0v) is 12.9. The molecule has 8 heteroatoms. The van der Waals surface area contributed by atoms with Gasteiger partial charge in [-0.3, -0.25) is 9.35 Å². The summed E-state index contributed by atoms with van der Waals surface area (Å²) in [6.45, 7) is -0.701. The van der Waals surface area contributed by atoms with Gasteiger partial charge in [-0.1, -0.05) is 0 Å². The van der Waals surface area contributed by atoms with Gasteiger partial charge in [-0.2, -0.15) is 17.2 Å². The molecule has 0 saturated heterocycles. The van der Waals surface area contributed by atoms with E-state index in [0.717, 1.165) is 38.5 Å². The van der Waals surface area contributed by atoms with Crippen LogP contribution in [0.2, 0.25) is 0 Å². The van der Waals surface area contributed by atoms with Crippen molar-refractivity contribution in [3.63, 3.8) is 0 Å². The van der Waals surface area contributed by atoms with Crippen molar-refractivity contribution in [1.29, 1.82) is 0 Å². The smallest absolute Gasteiger partial charge is 0.373 e. The third kappa shape index (κ3) is 2.75. The molecule has 4 bridgehead atoms. The Bertz CT molecular complexity index is 536. The average Bonchev–Trinajstić information content (AvgIpc) is 2.35. The highest BCUT2D eigenvalue weighted by molar-refractivity contribution is 7.86. The molecule has 0 heterocycles. The van der Waals surface area contributed by atoms with E-state index in [0.29, 0.717) is 17.8 Å². The van der Waals surface area contributed by atoms with Gasteiger partial charge in [0.1, 0.15) is 0 Å². The Morgan fingerprint density at radius 2 is 1.59 bits per heavy atom. The second kappa shape index (κ2) is 5.12. The van der Waals surface area contributed by atoms with E-state index in [9.17, 15) is 22.0 Å². The van der Waals surface area contributed by atoms with Gasteiger partial charge in [-0.25, -0.2) is 0 Å². The highest BCUT2D eigenvalue weighted by Crippen LogP contribution is 2.60. The number of carbonyl (C=O) groups excluding carboxylic acids is 1. The maximum Gasteiger partial charge on any atom is 0.373 e. The fourth-order valence-electron chi connectivity index (χ4n) is 4.91. The van der Waals surface area contributed by atoms with Crippen molar-refractivity contribution in [3.05, 3.63) is 0 Å². The molecule has 0 aliphatic heterocycles. The molecule has 4 fully saturated rings. The topological polar surface area (TPSA) is 80.7 Å². The van der Waals surface area contributed by atoms with Gasteiger partial charge in [0.15, 0.2) is 0 Å². The van der Waals surface area contributed by atoms with Crippen LogP contribution in [-0.4, -0.2) is 30.8 Å². The lowest BCUT2D eigenvalue weighted by atomic mass is 9.49. The van der Waals surface area contributed by atoms with E-state index in [2.05, 4.69) is 0 Å². The maximum absolute atomic E-state index is 13.1. The van der Waals surface area contributed by atoms with Crippen LogP contribution in [0.25, 0.3) is 0 Å². The van der Waals surface area contributed by atoms with Gasteiger partial charge in [0, 0.05) is 0 Å². The molecule has 0 aromatic rings. The van der Waals surface area contributed by atoms with E-state index in [1.165, 1.54) is 0 Å². The maximum atomic E-state index is 13.1. The Kier molecular flexibility index (Phi) is 3.75. The zero-order chi connectivity index (χ0) is 16.2. The van der Waals surface area contributed by atoms with Crippen molar-refractivity contribution >= 4 is 16.1 Å². The van der Waals surface area contributed by atoms with Crippen LogP contribution in [-0.2, 0) is 19.6 Å². The fraction of sp³-hybridized carbons (Fsp3) is 0.929. The lowest BCUT2D eigenvalue weighted by molar-refractivity contribution is -0.172. The minimum absolute atomic E-state index is 0.474. The first-order valence-corrected chi connectivity index (χ1v) is 9.07. The predicted molar refractivity (Wildman–Crippen MR) is 72.7 cm³/mol.